The molecular formula is C19H22N2OS. The lowest BCUT2D eigenvalue weighted by atomic mass is 9.95. The van der Waals surface area contributed by atoms with Gasteiger partial charge in [0.25, 0.3) is 0 Å². The molecule has 2 aliphatic rings. The maximum absolute atomic E-state index is 12.5. The van der Waals surface area contributed by atoms with Gasteiger partial charge in [0, 0.05) is 41.0 Å². The van der Waals surface area contributed by atoms with Crippen LogP contribution in [0.3, 0.4) is 0 Å². The molecule has 4 rings (SSSR count). The summed E-state index contributed by atoms with van der Waals surface area (Å²) in [6.45, 7) is 4.27. The van der Waals surface area contributed by atoms with Crippen molar-refractivity contribution in [3.05, 3.63) is 52.2 Å². The van der Waals surface area contributed by atoms with Crippen molar-refractivity contribution in [2.45, 2.75) is 44.8 Å². The summed E-state index contributed by atoms with van der Waals surface area (Å²) in [6.07, 6.45) is 2.74. The molecule has 0 bridgehead atoms. The van der Waals surface area contributed by atoms with E-state index in [0.29, 0.717) is 18.5 Å². The minimum atomic E-state index is 0.284. The second kappa shape index (κ2) is 6.10. The average molecular weight is 326 g/mol. The van der Waals surface area contributed by atoms with Crippen LogP contribution < -0.4 is 4.90 Å². The summed E-state index contributed by atoms with van der Waals surface area (Å²) >= 11 is 1.89. The third-order valence-corrected chi connectivity index (χ3v) is 6.05. The van der Waals surface area contributed by atoms with Crippen LogP contribution in [0.5, 0.6) is 0 Å². The highest BCUT2D eigenvalue weighted by Gasteiger charge is 2.43. The van der Waals surface area contributed by atoms with Crippen molar-refractivity contribution in [3.63, 3.8) is 0 Å². The van der Waals surface area contributed by atoms with Crippen LogP contribution in [-0.2, 0) is 11.3 Å². The summed E-state index contributed by atoms with van der Waals surface area (Å²) in [7, 11) is 0. The molecule has 4 heteroatoms. The van der Waals surface area contributed by atoms with Crippen LogP contribution in [0.2, 0.25) is 0 Å². The molecule has 23 heavy (non-hydrogen) atoms. The minimum absolute atomic E-state index is 0.284. The highest BCUT2D eigenvalue weighted by Crippen LogP contribution is 2.35. The molecule has 0 radical (unpaired) electrons. The van der Waals surface area contributed by atoms with Gasteiger partial charge in [-0.25, -0.2) is 0 Å². The van der Waals surface area contributed by atoms with Gasteiger partial charge >= 0.3 is 0 Å². The maximum atomic E-state index is 12.5. The Morgan fingerprint density at radius 1 is 1.09 bits per heavy atom. The molecule has 2 atom stereocenters. The van der Waals surface area contributed by atoms with Gasteiger partial charge < -0.3 is 4.90 Å². The van der Waals surface area contributed by atoms with Gasteiger partial charge in [0.15, 0.2) is 0 Å². The van der Waals surface area contributed by atoms with Crippen LogP contribution in [0.1, 0.15) is 29.0 Å². The van der Waals surface area contributed by atoms with E-state index in [1.807, 2.05) is 29.5 Å². The van der Waals surface area contributed by atoms with E-state index in [0.717, 1.165) is 31.6 Å². The normalized spacial score (nSPS) is 24.9. The van der Waals surface area contributed by atoms with Gasteiger partial charge in [0.2, 0.25) is 5.91 Å². The molecule has 2 aromatic rings. The van der Waals surface area contributed by atoms with Crippen LogP contribution in [0.15, 0.2) is 42.5 Å². The molecule has 0 unspecified atom stereocenters. The smallest absolute Gasteiger partial charge is 0.227 e. The number of benzene rings is 1. The second-order valence-electron chi connectivity index (χ2n) is 6.54. The third-order valence-electron chi connectivity index (χ3n) is 5.07. The van der Waals surface area contributed by atoms with E-state index in [9.17, 15) is 4.79 Å². The fourth-order valence-corrected chi connectivity index (χ4v) is 4.96. The van der Waals surface area contributed by atoms with Gasteiger partial charge in [-0.2, -0.15) is 0 Å². The van der Waals surface area contributed by atoms with Crippen molar-refractivity contribution < 1.29 is 4.79 Å². The zero-order chi connectivity index (χ0) is 15.8. The highest BCUT2D eigenvalue weighted by molar-refractivity contribution is 7.11. The number of amides is 1. The Morgan fingerprint density at radius 2 is 1.91 bits per heavy atom. The van der Waals surface area contributed by atoms with Gasteiger partial charge in [-0.3, -0.25) is 9.69 Å². The molecule has 0 aliphatic carbocycles. The Balaban J connectivity index is 1.55. The summed E-state index contributed by atoms with van der Waals surface area (Å²) < 4.78 is 0. The first-order valence-corrected chi connectivity index (χ1v) is 9.20. The first-order valence-electron chi connectivity index (χ1n) is 8.39. The summed E-state index contributed by atoms with van der Waals surface area (Å²) in [5.74, 6) is 0.284. The number of fused-ring (bicyclic) bond motifs is 1. The van der Waals surface area contributed by atoms with Crippen LogP contribution in [-0.4, -0.2) is 29.4 Å². The number of carbonyl (C=O) groups excluding carboxylic acids is 1. The fourth-order valence-electron chi connectivity index (χ4n) is 4.04. The molecule has 0 N–H and O–H groups in total. The zero-order valence-electron chi connectivity index (χ0n) is 13.4. The molecule has 0 saturated carbocycles. The number of rotatable bonds is 3. The van der Waals surface area contributed by atoms with Gasteiger partial charge in [0.1, 0.15) is 0 Å². The number of piperidine rings is 1. The topological polar surface area (TPSA) is 23.6 Å². The van der Waals surface area contributed by atoms with Gasteiger partial charge in [-0.1, -0.05) is 18.2 Å². The van der Waals surface area contributed by atoms with Crippen molar-refractivity contribution in [2.24, 2.45) is 0 Å². The van der Waals surface area contributed by atoms with Crippen molar-refractivity contribution in [3.8, 4) is 0 Å². The molecule has 2 aliphatic heterocycles. The maximum Gasteiger partial charge on any atom is 0.227 e. The van der Waals surface area contributed by atoms with Gasteiger partial charge in [-0.15, -0.1) is 11.3 Å². The average Bonchev–Trinajstić information content (AvgIpc) is 3.15. The monoisotopic (exact) mass is 326 g/mol. The number of likely N-dealkylation sites (tertiary alicyclic amines) is 1. The molecule has 3 nitrogen and oxygen atoms in total. The van der Waals surface area contributed by atoms with E-state index in [-0.39, 0.29) is 5.91 Å². The predicted octanol–water partition coefficient (Wildman–Crippen LogP) is 3.83. The number of para-hydroxylation sites is 1. The van der Waals surface area contributed by atoms with Crippen LogP contribution in [0, 0.1) is 6.92 Å². The standard InChI is InChI=1S/C19H22N2OS/c1-14-7-8-16(23-14)13-20-12-11-18-17(20)9-10-19(22)21(18)15-5-3-2-4-6-15/h2-8,17-18H,9-13H2,1H3/t17-,18-/m1/s1. The lowest BCUT2D eigenvalue weighted by Gasteiger charge is -2.39. The first-order chi connectivity index (χ1) is 11.2. The molecule has 1 aromatic carbocycles. The number of anilines is 1. The van der Waals surface area contributed by atoms with Crippen LogP contribution in [0.4, 0.5) is 5.69 Å². The van der Waals surface area contributed by atoms with Crippen molar-refractivity contribution in [1.29, 1.82) is 0 Å². The molecular weight excluding hydrogens is 304 g/mol. The lowest BCUT2D eigenvalue weighted by Crippen LogP contribution is -2.52. The number of nitrogens with zero attached hydrogens (tertiary/aromatic N) is 2. The third kappa shape index (κ3) is 2.81. The van der Waals surface area contributed by atoms with Crippen molar-refractivity contribution in [2.75, 3.05) is 11.4 Å². The van der Waals surface area contributed by atoms with Gasteiger partial charge in [-0.05, 0) is 44.0 Å². The highest BCUT2D eigenvalue weighted by atomic mass is 32.1. The van der Waals surface area contributed by atoms with Crippen LogP contribution >= 0.6 is 11.3 Å². The summed E-state index contributed by atoms with van der Waals surface area (Å²) in [6, 6.07) is 15.5. The molecule has 3 heterocycles. The largest absolute Gasteiger partial charge is 0.308 e. The lowest BCUT2D eigenvalue weighted by molar-refractivity contribution is -0.120. The number of carbonyl (C=O) groups is 1. The quantitative estimate of drug-likeness (QED) is 0.856. The predicted molar refractivity (Wildman–Crippen MR) is 94.8 cm³/mol. The summed E-state index contributed by atoms with van der Waals surface area (Å²) in [5.41, 5.74) is 1.06. The molecule has 0 spiro atoms. The van der Waals surface area contributed by atoms with Gasteiger partial charge in [0.05, 0.1) is 6.04 Å². The summed E-state index contributed by atoms with van der Waals surface area (Å²) in [5, 5.41) is 0. The molecule has 1 aromatic heterocycles. The Bertz CT molecular complexity index is 696. The van der Waals surface area contributed by atoms with Crippen molar-refractivity contribution >= 4 is 22.9 Å². The fraction of sp³-hybridized carbons (Fsp3) is 0.421. The Kier molecular flexibility index (Phi) is 3.95. The number of aryl methyl sites for hydroxylation is 1. The Labute approximate surface area is 141 Å². The van der Waals surface area contributed by atoms with E-state index >= 15 is 0 Å². The van der Waals surface area contributed by atoms with E-state index in [1.165, 1.54) is 9.75 Å². The van der Waals surface area contributed by atoms with E-state index in [2.05, 4.69) is 41.0 Å². The zero-order valence-corrected chi connectivity index (χ0v) is 14.3. The molecule has 1 amide bonds. The summed E-state index contributed by atoms with van der Waals surface area (Å²) in [4.78, 5) is 20.0. The van der Waals surface area contributed by atoms with E-state index in [1.54, 1.807) is 0 Å². The number of hydrogen-bond acceptors (Lipinski definition) is 3. The molecule has 120 valence electrons. The molecule has 2 fully saturated rings. The number of hydrogen-bond donors (Lipinski definition) is 0. The Hall–Kier alpha value is -1.65. The SMILES string of the molecule is Cc1ccc(CN2CC[C@@H]3[C@H]2CCC(=O)N3c2ccccc2)s1. The number of thiophene rings is 1. The van der Waals surface area contributed by atoms with Crippen LogP contribution in [0.25, 0.3) is 0 Å². The van der Waals surface area contributed by atoms with E-state index < -0.39 is 0 Å². The van der Waals surface area contributed by atoms with E-state index in [4.69, 9.17) is 0 Å². The minimum Gasteiger partial charge on any atom is -0.308 e. The second-order valence-corrected chi connectivity index (χ2v) is 7.92. The van der Waals surface area contributed by atoms with Crippen molar-refractivity contribution in [1.82, 2.24) is 4.90 Å². The first kappa shape index (κ1) is 14.9. The molecule has 2 saturated heterocycles. The Morgan fingerprint density at radius 3 is 2.65 bits per heavy atom.